The molecule has 1 unspecified atom stereocenters. The normalized spacial score (nSPS) is 14.3. The van der Waals surface area contributed by atoms with E-state index in [1.807, 2.05) is 30.3 Å². The van der Waals surface area contributed by atoms with Gasteiger partial charge in [-0.05, 0) is 18.4 Å². The molecule has 0 saturated carbocycles. The van der Waals surface area contributed by atoms with E-state index in [9.17, 15) is 9.79 Å². The predicted molar refractivity (Wildman–Crippen MR) is 58.3 cm³/mol. The average Bonchev–Trinajstić information content (AvgIpc) is 2.03. The van der Waals surface area contributed by atoms with Crippen molar-refractivity contribution in [1.82, 2.24) is 0 Å². The van der Waals surface area contributed by atoms with E-state index in [2.05, 4.69) is 12.2 Å². The highest BCUT2D eigenvalue weighted by Gasteiger charge is 2.07. The molecular formula is C7H11O2PS2. The molecule has 2 N–H and O–H groups in total. The van der Waals surface area contributed by atoms with Crippen molar-refractivity contribution in [2.24, 2.45) is 0 Å². The molecule has 0 saturated heterocycles. The first-order valence-corrected chi connectivity index (χ1v) is 8.39. The van der Waals surface area contributed by atoms with Crippen LogP contribution in [0.2, 0.25) is 0 Å². The largest absolute Gasteiger partial charge is 0.341 e. The van der Waals surface area contributed by atoms with Gasteiger partial charge in [-0.25, -0.2) is 0 Å². The van der Waals surface area contributed by atoms with Gasteiger partial charge in [0.2, 0.25) is 5.69 Å². The van der Waals surface area contributed by atoms with Gasteiger partial charge in [0.25, 0.3) is 0 Å². The summed E-state index contributed by atoms with van der Waals surface area (Å²) in [5.74, 6) is 0. The first kappa shape index (κ1) is 10.4. The van der Waals surface area contributed by atoms with Crippen LogP contribution in [0.1, 0.15) is 0 Å². The molecule has 12 heavy (non-hydrogen) atoms. The number of benzene rings is 1. The second kappa shape index (κ2) is 3.99. The summed E-state index contributed by atoms with van der Waals surface area (Å²) in [5.41, 5.74) is -3.01. The molecule has 0 amide bonds. The minimum absolute atomic E-state index is 0.564. The predicted octanol–water partition coefficient (Wildman–Crippen LogP) is 1.89. The molecule has 0 heterocycles. The average molecular weight is 222 g/mol. The second-order valence-electron chi connectivity index (χ2n) is 2.30. The number of hydrogen-bond acceptors (Lipinski definition) is 0. The summed E-state index contributed by atoms with van der Waals surface area (Å²) in [6.45, 7) is 0. The van der Waals surface area contributed by atoms with E-state index in [-0.39, 0.29) is 0 Å². The first-order chi connectivity index (χ1) is 5.52. The van der Waals surface area contributed by atoms with Gasteiger partial charge in [0.1, 0.15) is 0 Å². The third-order valence-electron chi connectivity index (χ3n) is 1.45. The summed E-state index contributed by atoms with van der Waals surface area (Å²) in [4.78, 5) is 19.5. The summed E-state index contributed by atoms with van der Waals surface area (Å²) < 4.78 is 0. The van der Waals surface area contributed by atoms with Crippen LogP contribution in [-0.2, 0) is 10.1 Å². The fourth-order valence-electron chi connectivity index (χ4n) is 0.759. The van der Waals surface area contributed by atoms with Crippen molar-refractivity contribution < 1.29 is 9.79 Å². The molecule has 0 radical (unpaired) electrons. The minimum Gasteiger partial charge on any atom is -0.341 e. The summed E-state index contributed by atoms with van der Waals surface area (Å²) in [7, 11) is -0.564. The molecule has 1 rings (SSSR count). The molecule has 2 nitrogen and oxygen atoms in total. The van der Waals surface area contributed by atoms with Crippen molar-refractivity contribution >= 4 is 28.0 Å². The zero-order valence-electron chi connectivity index (χ0n) is 6.58. The van der Waals surface area contributed by atoms with Crippen LogP contribution in [0.5, 0.6) is 0 Å². The molecular weight excluding hydrogens is 211 g/mol. The van der Waals surface area contributed by atoms with Crippen LogP contribution in [0, 0.1) is 0 Å². The molecule has 0 aliphatic rings. The Balaban J connectivity index is 3.19. The molecule has 68 valence electrons. The van der Waals surface area contributed by atoms with Crippen LogP contribution in [0.4, 0.5) is 0 Å². The van der Waals surface area contributed by atoms with E-state index in [4.69, 9.17) is 0 Å². The molecule has 0 aliphatic heterocycles. The maximum Gasteiger partial charge on any atom is 0.202 e. The molecule has 1 atom stereocenters. The van der Waals surface area contributed by atoms with Crippen molar-refractivity contribution in [2.45, 2.75) is 4.90 Å². The van der Waals surface area contributed by atoms with E-state index in [1.165, 1.54) is 0 Å². The highest BCUT2D eigenvalue weighted by Crippen LogP contribution is 2.48. The van der Waals surface area contributed by atoms with Crippen LogP contribution in [-0.4, -0.2) is 16.0 Å². The minimum atomic E-state index is -3.01. The maximum absolute atomic E-state index is 9.28. The van der Waals surface area contributed by atoms with Gasteiger partial charge in [-0.1, -0.05) is 30.4 Å². The van der Waals surface area contributed by atoms with Crippen molar-refractivity contribution in [3.05, 3.63) is 30.3 Å². The van der Waals surface area contributed by atoms with E-state index in [0.717, 1.165) is 4.90 Å². The molecule has 0 aromatic heterocycles. The van der Waals surface area contributed by atoms with Gasteiger partial charge < -0.3 is 9.79 Å². The van der Waals surface area contributed by atoms with Crippen molar-refractivity contribution in [3.8, 4) is 0 Å². The Bertz CT molecular complexity index is 309. The number of hydrogen-bond donors (Lipinski definition) is 3. The fourth-order valence-corrected chi connectivity index (χ4v) is 3.65. The zero-order valence-corrected chi connectivity index (χ0v) is 9.19. The lowest BCUT2D eigenvalue weighted by molar-refractivity contribution is 0.502. The first-order valence-electron chi connectivity index (χ1n) is 3.31. The number of rotatable bonds is 1. The van der Waals surface area contributed by atoms with Gasteiger partial charge in [-0.2, -0.15) is 0 Å². The Morgan fingerprint density at radius 2 is 1.75 bits per heavy atom. The van der Waals surface area contributed by atoms with Crippen LogP contribution < -0.4 is 0 Å². The Morgan fingerprint density at radius 3 is 2.17 bits per heavy atom. The highest BCUT2D eigenvalue weighted by atomic mass is 32.9. The lowest BCUT2D eigenvalue weighted by atomic mass is 10.4. The maximum atomic E-state index is 9.28. The third kappa shape index (κ3) is 2.64. The highest BCUT2D eigenvalue weighted by molar-refractivity contribution is 8.65. The van der Waals surface area contributed by atoms with Gasteiger partial charge in [0.05, 0.1) is 0 Å². The van der Waals surface area contributed by atoms with Gasteiger partial charge in [0.15, 0.2) is 0 Å². The lowest BCUT2D eigenvalue weighted by Gasteiger charge is -2.11. The molecule has 1 aromatic carbocycles. The van der Waals surface area contributed by atoms with E-state index in [0.29, 0.717) is 0 Å². The van der Waals surface area contributed by atoms with Gasteiger partial charge in [-0.3, -0.25) is 0 Å². The molecule has 0 fully saturated rings. The third-order valence-corrected chi connectivity index (χ3v) is 8.18. The molecule has 0 bridgehead atoms. The quantitative estimate of drug-likeness (QED) is 0.501. The van der Waals surface area contributed by atoms with Gasteiger partial charge >= 0.3 is 0 Å². The van der Waals surface area contributed by atoms with E-state index in [1.54, 1.807) is 6.26 Å². The Labute approximate surface area is 79.5 Å². The van der Waals surface area contributed by atoms with Crippen molar-refractivity contribution in [3.63, 3.8) is 0 Å². The summed E-state index contributed by atoms with van der Waals surface area (Å²) in [6.07, 6.45) is 1.79. The van der Waals surface area contributed by atoms with Gasteiger partial charge in [0, 0.05) is 4.90 Å². The monoisotopic (exact) mass is 222 g/mol. The summed E-state index contributed by atoms with van der Waals surface area (Å²) in [6, 6.07) is 9.40. The van der Waals surface area contributed by atoms with Crippen molar-refractivity contribution in [1.29, 1.82) is 0 Å². The number of thiol groups is 1. The fraction of sp³-hybridized carbons (Fsp3) is 0.143. The summed E-state index contributed by atoms with van der Waals surface area (Å²) >= 11 is 3.80. The van der Waals surface area contributed by atoms with E-state index >= 15 is 0 Å². The molecule has 1 aromatic rings. The standard InChI is InChI=1S/C7H11O2PS2/c1-12(10(8,9)11)7-5-3-2-4-6-7/h2-6,8-9,11H,1H3. The zero-order chi connectivity index (χ0) is 9.19. The lowest BCUT2D eigenvalue weighted by Crippen LogP contribution is -1.88. The molecule has 5 heteroatoms. The molecule has 0 spiro atoms. The van der Waals surface area contributed by atoms with Crippen LogP contribution in [0.15, 0.2) is 35.2 Å². The molecule has 0 aliphatic carbocycles. The topological polar surface area (TPSA) is 40.5 Å². The Hall–Kier alpha value is 0.270. The smallest absolute Gasteiger partial charge is 0.202 e. The van der Waals surface area contributed by atoms with E-state index < -0.39 is 15.8 Å². The van der Waals surface area contributed by atoms with Crippen LogP contribution in [0.25, 0.3) is 0 Å². The van der Waals surface area contributed by atoms with Gasteiger partial charge in [-0.15, -0.1) is 10.1 Å². The summed E-state index contributed by atoms with van der Waals surface area (Å²) in [5, 5.41) is 0. The van der Waals surface area contributed by atoms with Crippen LogP contribution in [0.3, 0.4) is 0 Å². The SMILES string of the molecule is CS(c1ccccc1)=P(O)(O)S. The Morgan fingerprint density at radius 1 is 1.25 bits per heavy atom. The second-order valence-corrected chi connectivity index (χ2v) is 10.4. The van der Waals surface area contributed by atoms with Crippen LogP contribution >= 0.6 is 17.9 Å². The van der Waals surface area contributed by atoms with Crippen molar-refractivity contribution in [2.75, 3.05) is 6.26 Å². The Kier molecular flexibility index (Phi) is 3.44.